The SMILES string of the molecule is CC(NC(=O)CN1CCOC2CCCCC21)c1ccc(Br)cc1. The number of amides is 1. The molecule has 5 heteroatoms. The van der Waals surface area contributed by atoms with Gasteiger partial charge < -0.3 is 10.1 Å². The zero-order valence-corrected chi connectivity index (χ0v) is 15.2. The highest BCUT2D eigenvalue weighted by molar-refractivity contribution is 9.10. The van der Waals surface area contributed by atoms with Gasteiger partial charge in [-0.1, -0.05) is 40.9 Å². The summed E-state index contributed by atoms with van der Waals surface area (Å²) >= 11 is 3.44. The Bertz CT molecular complexity index is 532. The number of rotatable bonds is 4. The van der Waals surface area contributed by atoms with E-state index >= 15 is 0 Å². The van der Waals surface area contributed by atoms with Crippen molar-refractivity contribution >= 4 is 21.8 Å². The van der Waals surface area contributed by atoms with Crippen LogP contribution in [-0.2, 0) is 9.53 Å². The van der Waals surface area contributed by atoms with Crippen molar-refractivity contribution < 1.29 is 9.53 Å². The van der Waals surface area contributed by atoms with Crippen molar-refractivity contribution in [2.75, 3.05) is 19.7 Å². The summed E-state index contributed by atoms with van der Waals surface area (Å²) in [7, 11) is 0. The Balaban J connectivity index is 1.55. The Morgan fingerprint density at radius 1 is 1.35 bits per heavy atom. The van der Waals surface area contributed by atoms with Gasteiger partial charge in [0.25, 0.3) is 0 Å². The lowest BCUT2D eigenvalue weighted by atomic mass is 9.90. The predicted molar refractivity (Wildman–Crippen MR) is 94.3 cm³/mol. The minimum absolute atomic E-state index is 0.0267. The van der Waals surface area contributed by atoms with Crippen LogP contribution in [0.15, 0.2) is 28.7 Å². The summed E-state index contributed by atoms with van der Waals surface area (Å²) in [5, 5.41) is 3.12. The molecule has 1 saturated heterocycles. The number of fused-ring (bicyclic) bond motifs is 1. The van der Waals surface area contributed by atoms with Crippen molar-refractivity contribution in [3.8, 4) is 0 Å². The van der Waals surface area contributed by atoms with Crippen molar-refractivity contribution in [1.82, 2.24) is 10.2 Å². The average molecular weight is 381 g/mol. The van der Waals surface area contributed by atoms with Crippen LogP contribution in [0.3, 0.4) is 0 Å². The van der Waals surface area contributed by atoms with Crippen LogP contribution in [-0.4, -0.2) is 42.6 Å². The lowest BCUT2D eigenvalue weighted by molar-refractivity contribution is -0.130. The van der Waals surface area contributed by atoms with E-state index in [9.17, 15) is 4.79 Å². The molecule has 3 atom stereocenters. The number of ether oxygens (including phenoxy) is 1. The first-order chi connectivity index (χ1) is 11.1. The van der Waals surface area contributed by atoms with Crippen LogP contribution in [0.5, 0.6) is 0 Å². The Kier molecular flexibility index (Phi) is 5.72. The van der Waals surface area contributed by atoms with E-state index in [1.165, 1.54) is 12.8 Å². The quantitative estimate of drug-likeness (QED) is 0.871. The number of nitrogens with one attached hydrogen (secondary N) is 1. The fourth-order valence-electron chi connectivity index (χ4n) is 3.68. The maximum Gasteiger partial charge on any atom is 0.234 e. The van der Waals surface area contributed by atoms with Gasteiger partial charge in [-0.3, -0.25) is 9.69 Å². The maximum atomic E-state index is 12.4. The fourth-order valence-corrected chi connectivity index (χ4v) is 3.94. The molecule has 1 N–H and O–H groups in total. The molecule has 1 aliphatic heterocycles. The fraction of sp³-hybridized carbons (Fsp3) is 0.611. The molecule has 1 heterocycles. The standard InChI is InChI=1S/C18H25BrN2O2/c1-13(14-6-8-15(19)9-7-14)20-18(22)12-21-10-11-23-17-5-3-2-4-16(17)21/h6-9,13,16-17H,2-5,10-12H2,1H3,(H,20,22). The number of hydrogen-bond acceptors (Lipinski definition) is 3. The molecule has 3 rings (SSSR count). The smallest absolute Gasteiger partial charge is 0.234 e. The molecule has 1 aliphatic carbocycles. The first-order valence-corrected chi connectivity index (χ1v) is 9.33. The van der Waals surface area contributed by atoms with E-state index in [-0.39, 0.29) is 11.9 Å². The number of morpholine rings is 1. The summed E-state index contributed by atoms with van der Waals surface area (Å²) in [6, 6.07) is 8.55. The molecule has 2 aliphatic rings. The molecule has 3 unspecified atom stereocenters. The molecular weight excluding hydrogens is 356 g/mol. The monoisotopic (exact) mass is 380 g/mol. The molecule has 0 radical (unpaired) electrons. The van der Waals surface area contributed by atoms with Crippen LogP contribution in [0.2, 0.25) is 0 Å². The van der Waals surface area contributed by atoms with Crippen LogP contribution in [0.1, 0.15) is 44.2 Å². The van der Waals surface area contributed by atoms with Crippen LogP contribution in [0.4, 0.5) is 0 Å². The average Bonchev–Trinajstić information content (AvgIpc) is 2.55. The first kappa shape index (κ1) is 16.9. The molecule has 4 nitrogen and oxygen atoms in total. The molecule has 1 saturated carbocycles. The Morgan fingerprint density at radius 2 is 2.09 bits per heavy atom. The third kappa shape index (κ3) is 4.34. The van der Waals surface area contributed by atoms with Crippen LogP contribution >= 0.6 is 15.9 Å². The highest BCUT2D eigenvalue weighted by Crippen LogP contribution is 2.28. The molecular formula is C18H25BrN2O2. The number of carbonyl (C=O) groups excluding carboxylic acids is 1. The number of benzene rings is 1. The third-order valence-electron chi connectivity index (χ3n) is 4.94. The Labute approximate surface area is 146 Å². The summed E-state index contributed by atoms with van der Waals surface area (Å²) < 4.78 is 6.93. The van der Waals surface area contributed by atoms with Crippen LogP contribution < -0.4 is 5.32 Å². The van der Waals surface area contributed by atoms with Crippen molar-refractivity contribution in [3.63, 3.8) is 0 Å². The summed E-state index contributed by atoms with van der Waals surface area (Å²) in [5.74, 6) is 0.103. The lowest BCUT2D eigenvalue weighted by Crippen LogP contribution is -2.55. The zero-order chi connectivity index (χ0) is 16.2. The first-order valence-electron chi connectivity index (χ1n) is 8.54. The summed E-state index contributed by atoms with van der Waals surface area (Å²) in [5.41, 5.74) is 1.12. The van der Waals surface area contributed by atoms with Gasteiger partial charge in [-0.15, -0.1) is 0 Å². The highest BCUT2D eigenvalue weighted by Gasteiger charge is 2.34. The maximum absolute atomic E-state index is 12.4. The molecule has 23 heavy (non-hydrogen) atoms. The second-order valence-electron chi connectivity index (χ2n) is 6.57. The number of nitrogens with zero attached hydrogens (tertiary/aromatic N) is 1. The van der Waals surface area contributed by atoms with E-state index in [0.29, 0.717) is 18.7 Å². The zero-order valence-electron chi connectivity index (χ0n) is 13.6. The predicted octanol–water partition coefficient (Wildman–Crippen LogP) is 3.27. The minimum atomic E-state index is 0.0267. The van der Waals surface area contributed by atoms with Gasteiger partial charge in [0.1, 0.15) is 0 Å². The largest absolute Gasteiger partial charge is 0.375 e. The van der Waals surface area contributed by atoms with Gasteiger partial charge in [0.15, 0.2) is 0 Å². The van der Waals surface area contributed by atoms with E-state index in [4.69, 9.17) is 4.74 Å². The molecule has 0 aromatic heterocycles. The number of carbonyl (C=O) groups is 1. The van der Waals surface area contributed by atoms with Crippen molar-refractivity contribution in [2.24, 2.45) is 0 Å². The number of halogens is 1. The molecule has 1 amide bonds. The van der Waals surface area contributed by atoms with Gasteiger partial charge in [-0.05, 0) is 37.5 Å². The summed E-state index contributed by atoms with van der Waals surface area (Å²) in [4.78, 5) is 14.8. The van der Waals surface area contributed by atoms with E-state index in [0.717, 1.165) is 36.0 Å². The van der Waals surface area contributed by atoms with E-state index in [1.807, 2.05) is 31.2 Å². The van der Waals surface area contributed by atoms with E-state index in [2.05, 4.69) is 26.1 Å². The minimum Gasteiger partial charge on any atom is -0.375 e. The number of hydrogen-bond donors (Lipinski definition) is 1. The second kappa shape index (κ2) is 7.77. The van der Waals surface area contributed by atoms with Gasteiger partial charge in [0, 0.05) is 17.1 Å². The van der Waals surface area contributed by atoms with E-state index < -0.39 is 0 Å². The van der Waals surface area contributed by atoms with Gasteiger partial charge in [-0.2, -0.15) is 0 Å². The van der Waals surface area contributed by atoms with Crippen molar-refractivity contribution in [1.29, 1.82) is 0 Å². The molecule has 0 spiro atoms. The topological polar surface area (TPSA) is 41.6 Å². The highest BCUT2D eigenvalue weighted by atomic mass is 79.9. The Morgan fingerprint density at radius 3 is 2.87 bits per heavy atom. The normalized spacial score (nSPS) is 26.3. The molecule has 1 aromatic rings. The lowest BCUT2D eigenvalue weighted by Gasteiger charge is -2.43. The molecule has 0 bridgehead atoms. The second-order valence-corrected chi connectivity index (χ2v) is 7.49. The molecule has 1 aromatic carbocycles. The van der Waals surface area contributed by atoms with Gasteiger partial charge in [-0.25, -0.2) is 0 Å². The van der Waals surface area contributed by atoms with Gasteiger partial charge in [0.2, 0.25) is 5.91 Å². The van der Waals surface area contributed by atoms with Crippen LogP contribution in [0.25, 0.3) is 0 Å². The van der Waals surface area contributed by atoms with Gasteiger partial charge >= 0.3 is 0 Å². The summed E-state index contributed by atoms with van der Waals surface area (Å²) in [6.45, 7) is 4.12. The van der Waals surface area contributed by atoms with E-state index in [1.54, 1.807) is 0 Å². The Hall–Kier alpha value is -0.910. The van der Waals surface area contributed by atoms with Gasteiger partial charge in [0.05, 0.1) is 25.3 Å². The van der Waals surface area contributed by atoms with Crippen molar-refractivity contribution in [2.45, 2.75) is 50.8 Å². The van der Waals surface area contributed by atoms with Crippen LogP contribution in [0, 0.1) is 0 Å². The summed E-state index contributed by atoms with van der Waals surface area (Å²) in [6.07, 6.45) is 5.12. The third-order valence-corrected chi connectivity index (χ3v) is 5.47. The molecule has 126 valence electrons. The molecule has 2 fully saturated rings. The van der Waals surface area contributed by atoms with Crippen molar-refractivity contribution in [3.05, 3.63) is 34.3 Å².